The molecule has 0 saturated carbocycles. The van der Waals surface area contributed by atoms with Gasteiger partial charge in [-0.25, -0.2) is 9.99 Å². The Morgan fingerprint density at radius 3 is 2.58 bits per heavy atom. The second-order valence-corrected chi connectivity index (χ2v) is 8.77. The van der Waals surface area contributed by atoms with Crippen molar-refractivity contribution in [3.63, 3.8) is 0 Å². The van der Waals surface area contributed by atoms with Crippen LogP contribution in [0.15, 0.2) is 53.5 Å². The van der Waals surface area contributed by atoms with Crippen molar-refractivity contribution in [2.75, 3.05) is 11.6 Å². The second kappa shape index (κ2) is 8.87. The normalized spacial score (nSPS) is 13.6. The summed E-state index contributed by atoms with van der Waals surface area (Å²) < 4.78 is 0. The smallest absolute Gasteiger partial charge is 0.288 e. The summed E-state index contributed by atoms with van der Waals surface area (Å²) >= 11 is 7.48. The molecule has 1 aromatic heterocycles. The zero-order chi connectivity index (χ0) is 22.0. The molecule has 2 amide bonds. The van der Waals surface area contributed by atoms with Crippen molar-refractivity contribution >= 4 is 46.3 Å². The van der Waals surface area contributed by atoms with Crippen LogP contribution in [0.4, 0.5) is 5.69 Å². The number of halogens is 1. The van der Waals surface area contributed by atoms with Crippen LogP contribution >= 0.6 is 22.9 Å². The number of nitrogens with zero attached hydrogens (tertiary/aromatic N) is 3. The Bertz CT molecular complexity index is 1160. The zero-order valence-corrected chi connectivity index (χ0v) is 18.5. The first-order valence-electron chi connectivity index (χ1n) is 9.62. The van der Waals surface area contributed by atoms with Crippen LogP contribution in [-0.4, -0.2) is 29.2 Å². The number of carbonyl (C=O) groups is 2. The molecule has 0 saturated heterocycles. The van der Waals surface area contributed by atoms with E-state index < -0.39 is 5.91 Å². The van der Waals surface area contributed by atoms with Gasteiger partial charge in [-0.05, 0) is 38.1 Å². The number of amidine groups is 1. The topological polar surface area (TPSA) is 86.7 Å². The van der Waals surface area contributed by atoms with Crippen LogP contribution in [0.2, 0.25) is 5.02 Å². The molecule has 0 unspecified atom stereocenters. The van der Waals surface area contributed by atoms with Gasteiger partial charge in [-0.3, -0.25) is 20.0 Å². The van der Waals surface area contributed by atoms with Gasteiger partial charge in [-0.15, -0.1) is 11.3 Å². The molecule has 1 aliphatic heterocycles. The molecule has 7 nitrogen and oxygen atoms in total. The maximum absolute atomic E-state index is 12.6. The van der Waals surface area contributed by atoms with E-state index in [0.29, 0.717) is 10.7 Å². The predicted molar refractivity (Wildman–Crippen MR) is 123 cm³/mol. The third-order valence-electron chi connectivity index (χ3n) is 4.71. The fraction of sp³-hybridized carbons (Fsp3) is 0.182. The lowest BCUT2D eigenvalue weighted by molar-refractivity contribution is -0.118. The number of hydrogen-bond donors (Lipinski definition) is 2. The molecular weight excluding hydrogens is 434 g/mol. The van der Waals surface area contributed by atoms with Gasteiger partial charge in [0.1, 0.15) is 11.6 Å². The molecule has 2 heterocycles. The number of carbonyl (C=O) groups excluding carboxylic acids is 2. The minimum absolute atomic E-state index is 0.0892. The van der Waals surface area contributed by atoms with E-state index in [0.717, 1.165) is 26.7 Å². The molecule has 0 aliphatic carbocycles. The van der Waals surface area contributed by atoms with Crippen molar-refractivity contribution in [2.45, 2.75) is 20.4 Å². The van der Waals surface area contributed by atoms with E-state index in [-0.39, 0.29) is 24.8 Å². The van der Waals surface area contributed by atoms with E-state index in [9.17, 15) is 9.59 Å². The van der Waals surface area contributed by atoms with E-state index in [1.165, 1.54) is 16.3 Å². The highest BCUT2D eigenvalue weighted by Gasteiger charge is 2.25. The molecule has 0 radical (unpaired) electrons. The lowest BCUT2D eigenvalue weighted by Crippen LogP contribution is -2.55. The number of hydrazine groups is 1. The first-order valence-corrected chi connectivity index (χ1v) is 10.8. The lowest BCUT2D eigenvalue weighted by atomic mass is 10.1. The summed E-state index contributed by atoms with van der Waals surface area (Å²) in [6.45, 7) is 4.12. The van der Waals surface area contributed by atoms with Crippen molar-refractivity contribution in [2.24, 2.45) is 4.99 Å². The molecule has 0 atom stereocenters. The molecule has 31 heavy (non-hydrogen) atoms. The van der Waals surface area contributed by atoms with E-state index >= 15 is 0 Å². The Morgan fingerprint density at radius 1 is 1.16 bits per heavy atom. The van der Waals surface area contributed by atoms with Gasteiger partial charge in [0.2, 0.25) is 5.84 Å². The molecule has 9 heteroatoms. The number of amides is 2. The monoisotopic (exact) mass is 453 g/mol. The van der Waals surface area contributed by atoms with Crippen LogP contribution in [0.1, 0.15) is 15.4 Å². The number of rotatable bonds is 5. The summed E-state index contributed by atoms with van der Waals surface area (Å²) in [6.07, 6.45) is 0. The quantitative estimate of drug-likeness (QED) is 0.617. The van der Waals surface area contributed by atoms with Crippen LogP contribution in [0.5, 0.6) is 0 Å². The van der Waals surface area contributed by atoms with Crippen molar-refractivity contribution in [1.29, 1.82) is 0 Å². The molecule has 0 spiro atoms. The molecule has 4 rings (SSSR count). The minimum atomic E-state index is -0.398. The van der Waals surface area contributed by atoms with Crippen molar-refractivity contribution in [3.05, 3.63) is 69.0 Å². The molecular formula is C22H20ClN5O2S. The van der Waals surface area contributed by atoms with E-state index in [1.807, 2.05) is 62.4 Å². The molecule has 1 aliphatic rings. The maximum atomic E-state index is 12.6. The molecule has 158 valence electrons. The second-order valence-electron chi connectivity index (χ2n) is 7.04. The van der Waals surface area contributed by atoms with Crippen LogP contribution < -0.4 is 15.8 Å². The van der Waals surface area contributed by atoms with Gasteiger partial charge in [0.25, 0.3) is 11.8 Å². The SMILES string of the molecule is Cc1ccc(N2NC(C(=O)NCc3nc(-c4ccc(Cl)cc4)c(C)s3)=NCC2=O)cc1. The summed E-state index contributed by atoms with van der Waals surface area (Å²) in [7, 11) is 0. The van der Waals surface area contributed by atoms with E-state index in [1.54, 1.807) is 0 Å². The van der Waals surface area contributed by atoms with Gasteiger partial charge in [0, 0.05) is 15.5 Å². The Kier molecular flexibility index (Phi) is 6.01. The highest BCUT2D eigenvalue weighted by Crippen LogP contribution is 2.28. The van der Waals surface area contributed by atoms with Gasteiger partial charge in [-0.1, -0.05) is 41.4 Å². The average Bonchev–Trinajstić information content (AvgIpc) is 3.14. The third kappa shape index (κ3) is 4.76. The van der Waals surface area contributed by atoms with E-state index in [2.05, 4.69) is 20.7 Å². The Morgan fingerprint density at radius 2 is 1.87 bits per heavy atom. The summed E-state index contributed by atoms with van der Waals surface area (Å²) in [5, 5.41) is 5.61. The van der Waals surface area contributed by atoms with Crippen molar-refractivity contribution in [1.82, 2.24) is 15.7 Å². The lowest BCUT2D eigenvalue weighted by Gasteiger charge is -2.27. The molecule has 0 fully saturated rings. The van der Waals surface area contributed by atoms with Crippen molar-refractivity contribution in [3.8, 4) is 11.3 Å². The maximum Gasteiger partial charge on any atom is 0.288 e. The van der Waals surface area contributed by atoms with Gasteiger partial charge < -0.3 is 5.32 Å². The summed E-state index contributed by atoms with van der Waals surface area (Å²) in [4.78, 5) is 34.6. The average molecular weight is 454 g/mol. The Hall–Kier alpha value is -3.23. The summed E-state index contributed by atoms with van der Waals surface area (Å²) in [5.41, 5.74) is 6.39. The Balaban J connectivity index is 1.42. The number of thiazole rings is 1. The number of nitrogens with one attached hydrogen (secondary N) is 2. The van der Waals surface area contributed by atoms with Crippen LogP contribution in [0.3, 0.4) is 0 Å². The highest BCUT2D eigenvalue weighted by molar-refractivity contribution is 7.12. The zero-order valence-electron chi connectivity index (χ0n) is 17.0. The van der Waals surface area contributed by atoms with E-state index in [4.69, 9.17) is 11.6 Å². The molecule has 0 bridgehead atoms. The van der Waals surface area contributed by atoms with Gasteiger partial charge in [-0.2, -0.15) is 0 Å². The summed E-state index contributed by atoms with van der Waals surface area (Å²) in [5.74, 6) is -0.541. The molecule has 3 aromatic rings. The highest BCUT2D eigenvalue weighted by atomic mass is 35.5. The largest absolute Gasteiger partial charge is 0.343 e. The third-order valence-corrected chi connectivity index (χ3v) is 5.93. The van der Waals surface area contributed by atoms with Crippen LogP contribution in [0, 0.1) is 13.8 Å². The van der Waals surface area contributed by atoms with Gasteiger partial charge >= 0.3 is 0 Å². The number of aryl methyl sites for hydroxylation is 2. The van der Waals surface area contributed by atoms with Crippen molar-refractivity contribution < 1.29 is 9.59 Å². The number of anilines is 1. The van der Waals surface area contributed by atoms with Crippen LogP contribution in [0.25, 0.3) is 11.3 Å². The number of aliphatic imine (C=N–C) groups is 1. The fourth-order valence-electron chi connectivity index (χ4n) is 3.09. The van der Waals surface area contributed by atoms with Gasteiger partial charge in [0.15, 0.2) is 0 Å². The first kappa shape index (κ1) is 21.0. The fourth-order valence-corrected chi connectivity index (χ4v) is 4.11. The number of aromatic nitrogens is 1. The van der Waals surface area contributed by atoms with Gasteiger partial charge in [0.05, 0.1) is 17.9 Å². The molecule has 2 N–H and O–H groups in total. The number of hydrogen-bond acceptors (Lipinski definition) is 6. The Labute approximate surface area is 188 Å². The standard InChI is InChI=1S/C22H20ClN5O2S/c1-13-3-9-17(10-4-13)28-19(29)12-24-21(27-28)22(30)25-11-18-26-20(14(2)31-18)15-5-7-16(23)8-6-15/h3-10H,11-12H2,1-2H3,(H,24,27)(H,25,30). The first-order chi connectivity index (χ1) is 14.9. The van der Waals surface area contributed by atoms with Crippen LogP contribution in [-0.2, 0) is 16.1 Å². The summed E-state index contributed by atoms with van der Waals surface area (Å²) in [6, 6.07) is 14.9. The number of benzene rings is 2. The molecule has 2 aromatic carbocycles. The minimum Gasteiger partial charge on any atom is -0.343 e. The predicted octanol–water partition coefficient (Wildman–Crippen LogP) is 3.65.